The molecule has 2 N–H and O–H groups in total. The molecule has 1 heterocycles. The highest BCUT2D eigenvalue weighted by Crippen LogP contribution is 2.25. The largest absolute Gasteiger partial charge is 0.466 e. The summed E-state index contributed by atoms with van der Waals surface area (Å²) in [4.78, 5) is 15.5. The summed E-state index contributed by atoms with van der Waals surface area (Å²) in [7, 11) is 0. The summed E-state index contributed by atoms with van der Waals surface area (Å²) in [6, 6.07) is 5.45. The van der Waals surface area contributed by atoms with Gasteiger partial charge in [0.15, 0.2) is 5.58 Å². The van der Waals surface area contributed by atoms with Crippen LogP contribution in [0, 0.1) is 0 Å². The number of nitrogen functional groups attached to an aromatic ring is 1. The molecule has 0 aliphatic heterocycles. The zero-order valence-electron chi connectivity index (χ0n) is 12.1. The summed E-state index contributed by atoms with van der Waals surface area (Å²) in [6.45, 7) is 2.28. The van der Waals surface area contributed by atoms with Crippen LogP contribution in [-0.4, -0.2) is 23.3 Å². The third kappa shape index (κ3) is 4.97. The first-order valence-corrected chi connectivity index (χ1v) is 8.12. The van der Waals surface area contributed by atoms with Crippen molar-refractivity contribution in [3.63, 3.8) is 0 Å². The van der Waals surface area contributed by atoms with Gasteiger partial charge < -0.3 is 14.9 Å². The minimum atomic E-state index is -0.110. The molecule has 0 aliphatic carbocycles. The summed E-state index contributed by atoms with van der Waals surface area (Å²) in [5.41, 5.74) is 7.94. The molecule has 21 heavy (non-hydrogen) atoms. The minimum absolute atomic E-state index is 0.110. The summed E-state index contributed by atoms with van der Waals surface area (Å²) in [5.74, 6) is 0.812. The molecule has 0 bridgehead atoms. The van der Waals surface area contributed by atoms with E-state index in [2.05, 4.69) is 4.98 Å². The second-order valence-corrected chi connectivity index (χ2v) is 5.72. The van der Waals surface area contributed by atoms with Crippen LogP contribution in [-0.2, 0) is 9.53 Å². The van der Waals surface area contributed by atoms with Gasteiger partial charge in [-0.2, -0.15) is 0 Å². The van der Waals surface area contributed by atoms with Gasteiger partial charge in [-0.25, -0.2) is 4.98 Å². The van der Waals surface area contributed by atoms with Gasteiger partial charge in [-0.1, -0.05) is 18.2 Å². The molecule has 0 amide bonds. The molecule has 0 atom stereocenters. The molecular weight excluding hydrogens is 288 g/mol. The summed E-state index contributed by atoms with van der Waals surface area (Å²) in [6.07, 6.45) is 3.38. The molecule has 0 saturated heterocycles. The van der Waals surface area contributed by atoms with Crippen molar-refractivity contribution >= 4 is 34.5 Å². The van der Waals surface area contributed by atoms with Crippen molar-refractivity contribution in [1.29, 1.82) is 0 Å². The van der Waals surface area contributed by atoms with Crippen LogP contribution in [0.2, 0.25) is 0 Å². The molecule has 2 rings (SSSR count). The lowest BCUT2D eigenvalue weighted by Crippen LogP contribution is -2.03. The lowest BCUT2D eigenvalue weighted by molar-refractivity contribution is -0.143. The monoisotopic (exact) mass is 308 g/mol. The standard InChI is InChI=1S/C15H20N2O3S/c1-2-19-14(18)6-4-3-5-9-21-15-17-12-10-11(16)7-8-13(12)20-15/h7-8,10H,2-6,9,16H2,1H3. The quantitative estimate of drug-likeness (QED) is 0.347. The van der Waals surface area contributed by atoms with E-state index in [0.29, 0.717) is 23.9 Å². The molecule has 0 spiro atoms. The van der Waals surface area contributed by atoms with Crippen LogP contribution in [0.3, 0.4) is 0 Å². The van der Waals surface area contributed by atoms with Crippen LogP contribution in [0.4, 0.5) is 5.69 Å². The second kappa shape index (κ2) is 7.93. The Morgan fingerprint density at radius 3 is 3.05 bits per heavy atom. The van der Waals surface area contributed by atoms with Crippen molar-refractivity contribution in [2.24, 2.45) is 0 Å². The van der Waals surface area contributed by atoms with Crippen molar-refractivity contribution in [2.45, 2.75) is 37.8 Å². The molecule has 0 saturated carbocycles. The third-order valence-electron chi connectivity index (χ3n) is 2.95. The van der Waals surface area contributed by atoms with E-state index in [0.717, 1.165) is 36.1 Å². The maximum atomic E-state index is 11.2. The normalized spacial score (nSPS) is 10.9. The number of oxazole rings is 1. The van der Waals surface area contributed by atoms with Gasteiger partial charge in [-0.3, -0.25) is 4.79 Å². The molecule has 0 unspecified atom stereocenters. The SMILES string of the molecule is CCOC(=O)CCCCCSc1nc2cc(N)ccc2o1. The highest BCUT2D eigenvalue weighted by atomic mass is 32.2. The Hall–Kier alpha value is -1.69. The summed E-state index contributed by atoms with van der Waals surface area (Å²) >= 11 is 1.59. The van der Waals surface area contributed by atoms with Crippen LogP contribution in [0.5, 0.6) is 0 Å². The van der Waals surface area contributed by atoms with Crippen molar-refractivity contribution in [3.8, 4) is 0 Å². The maximum absolute atomic E-state index is 11.2. The number of anilines is 1. The number of aromatic nitrogens is 1. The molecule has 114 valence electrons. The van der Waals surface area contributed by atoms with E-state index in [-0.39, 0.29) is 5.97 Å². The molecule has 0 fully saturated rings. The topological polar surface area (TPSA) is 78.3 Å². The first-order valence-electron chi connectivity index (χ1n) is 7.13. The van der Waals surface area contributed by atoms with Gasteiger partial charge in [-0.15, -0.1) is 0 Å². The van der Waals surface area contributed by atoms with E-state index in [1.165, 1.54) is 0 Å². The first kappa shape index (κ1) is 15.7. The number of carbonyl (C=O) groups excluding carboxylic acids is 1. The Morgan fingerprint density at radius 2 is 2.24 bits per heavy atom. The van der Waals surface area contributed by atoms with Gasteiger partial charge in [0.25, 0.3) is 5.22 Å². The predicted molar refractivity (Wildman–Crippen MR) is 84.2 cm³/mol. The number of hydrogen-bond donors (Lipinski definition) is 1. The van der Waals surface area contributed by atoms with Crippen molar-refractivity contribution in [2.75, 3.05) is 18.1 Å². The number of carbonyl (C=O) groups is 1. The predicted octanol–water partition coefficient (Wildman–Crippen LogP) is 3.63. The first-order chi connectivity index (χ1) is 10.2. The Balaban J connectivity index is 1.67. The second-order valence-electron chi connectivity index (χ2n) is 4.67. The van der Waals surface area contributed by atoms with Gasteiger partial charge in [0.1, 0.15) is 5.52 Å². The van der Waals surface area contributed by atoms with Crippen LogP contribution in [0.1, 0.15) is 32.6 Å². The van der Waals surface area contributed by atoms with Crippen LogP contribution in [0.15, 0.2) is 27.8 Å². The van der Waals surface area contributed by atoms with Gasteiger partial charge in [0.05, 0.1) is 6.61 Å². The molecule has 1 aromatic carbocycles. The fourth-order valence-corrected chi connectivity index (χ4v) is 2.76. The third-order valence-corrected chi connectivity index (χ3v) is 3.86. The Morgan fingerprint density at radius 1 is 1.38 bits per heavy atom. The summed E-state index contributed by atoms with van der Waals surface area (Å²) in [5, 5.41) is 0.668. The number of nitrogens with zero attached hydrogens (tertiary/aromatic N) is 1. The van der Waals surface area contributed by atoms with E-state index in [1.807, 2.05) is 19.1 Å². The van der Waals surface area contributed by atoms with E-state index in [9.17, 15) is 4.79 Å². The molecule has 1 aromatic heterocycles. The Kier molecular flexibility index (Phi) is 5.92. The number of ether oxygens (including phenoxy) is 1. The van der Waals surface area contributed by atoms with Crippen molar-refractivity contribution in [3.05, 3.63) is 18.2 Å². The van der Waals surface area contributed by atoms with Crippen LogP contribution in [0.25, 0.3) is 11.1 Å². The number of esters is 1. The number of nitrogens with two attached hydrogens (primary N) is 1. The smallest absolute Gasteiger partial charge is 0.305 e. The average molecular weight is 308 g/mol. The molecule has 2 aromatic rings. The number of hydrogen-bond acceptors (Lipinski definition) is 6. The number of unbranched alkanes of at least 4 members (excludes halogenated alkanes) is 2. The highest BCUT2D eigenvalue weighted by Gasteiger charge is 2.06. The van der Waals surface area contributed by atoms with Gasteiger partial charge in [0.2, 0.25) is 0 Å². The van der Waals surface area contributed by atoms with E-state index in [1.54, 1.807) is 17.8 Å². The van der Waals surface area contributed by atoms with Crippen LogP contribution < -0.4 is 5.73 Å². The summed E-state index contributed by atoms with van der Waals surface area (Å²) < 4.78 is 10.5. The van der Waals surface area contributed by atoms with Gasteiger partial charge >= 0.3 is 5.97 Å². The highest BCUT2D eigenvalue weighted by molar-refractivity contribution is 7.99. The van der Waals surface area contributed by atoms with Gasteiger partial charge in [0, 0.05) is 17.9 Å². The molecule has 5 nitrogen and oxygen atoms in total. The molecule has 6 heteroatoms. The average Bonchev–Trinajstić information content (AvgIpc) is 2.84. The van der Waals surface area contributed by atoms with Gasteiger partial charge in [-0.05, 0) is 38.0 Å². The van der Waals surface area contributed by atoms with Crippen molar-refractivity contribution in [1.82, 2.24) is 4.98 Å². The van der Waals surface area contributed by atoms with E-state index >= 15 is 0 Å². The number of benzene rings is 1. The molecule has 0 radical (unpaired) electrons. The fraction of sp³-hybridized carbons (Fsp3) is 0.467. The number of thioether (sulfide) groups is 1. The zero-order chi connectivity index (χ0) is 15.1. The van der Waals surface area contributed by atoms with E-state index < -0.39 is 0 Å². The lowest BCUT2D eigenvalue weighted by Gasteiger charge is -2.01. The zero-order valence-corrected chi connectivity index (χ0v) is 12.9. The number of rotatable bonds is 8. The maximum Gasteiger partial charge on any atom is 0.305 e. The minimum Gasteiger partial charge on any atom is -0.466 e. The fourth-order valence-electron chi connectivity index (χ4n) is 1.93. The Labute approximate surface area is 128 Å². The Bertz CT molecular complexity index is 598. The molecule has 0 aliphatic rings. The number of fused-ring (bicyclic) bond motifs is 1. The molecular formula is C15H20N2O3S. The lowest BCUT2D eigenvalue weighted by atomic mass is 10.2. The van der Waals surface area contributed by atoms with Crippen molar-refractivity contribution < 1.29 is 13.9 Å². The van der Waals surface area contributed by atoms with Crippen LogP contribution >= 0.6 is 11.8 Å². The van der Waals surface area contributed by atoms with E-state index in [4.69, 9.17) is 14.9 Å².